The molecule has 176 valence electrons. The fourth-order valence-electron chi connectivity index (χ4n) is 10.8. The standard InChI is InChI=1S/C30H50O/c1-25(2)17-18-27(5)13-9-21-29(7)14-10-20-26(3,4)24(31)12-16-28(20,6)22(29)11-15-30(21,8)23(27)19-25/h9,20,22-24,31H,10-19H2,1-8H3/t20-,22+,23-,24-,27+,28+,29+,30+/m1/s1. The van der Waals surface area contributed by atoms with E-state index < -0.39 is 0 Å². The molecule has 1 heteroatoms. The van der Waals surface area contributed by atoms with Gasteiger partial charge in [0.15, 0.2) is 0 Å². The van der Waals surface area contributed by atoms with E-state index in [1.54, 1.807) is 0 Å². The first-order valence-corrected chi connectivity index (χ1v) is 13.6. The molecule has 0 amide bonds. The maximum Gasteiger partial charge on any atom is 0.0594 e. The fraction of sp³-hybridized carbons (Fsp3) is 0.933. The van der Waals surface area contributed by atoms with Crippen LogP contribution in [-0.2, 0) is 0 Å². The first kappa shape index (κ1) is 22.5. The van der Waals surface area contributed by atoms with Gasteiger partial charge in [0.25, 0.3) is 0 Å². The number of aliphatic hydroxyl groups is 1. The molecule has 0 aromatic heterocycles. The van der Waals surface area contributed by atoms with Gasteiger partial charge in [-0.25, -0.2) is 0 Å². The average molecular weight is 427 g/mol. The van der Waals surface area contributed by atoms with E-state index in [1.807, 2.05) is 5.57 Å². The van der Waals surface area contributed by atoms with Crippen LogP contribution in [-0.4, -0.2) is 11.2 Å². The summed E-state index contributed by atoms with van der Waals surface area (Å²) in [6.45, 7) is 20.4. The minimum atomic E-state index is -0.122. The van der Waals surface area contributed by atoms with Gasteiger partial charge in [0.1, 0.15) is 0 Å². The minimum Gasteiger partial charge on any atom is -0.393 e. The van der Waals surface area contributed by atoms with Gasteiger partial charge >= 0.3 is 0 Å². The normalized spacial score (nSPS) is 55.2. The molecule has 0 bridgehead atoms. The Hall–Kier alpha value is -0.300. The second kappa shape index (κ2) is 6.43. The summed E-state index contributed by atoms with van der Waals surface area (Å²) in [6.07, 6.45) is 15.8. The highest BCUT2D eigenvalue weighted by molar-refractivity contribution is 5.34. The van der Waals surface area contributed by atoms with Gasteiger partial charge in [-0.15, -0.1) is 0 Å². The van der Waals surface area contributed by atoms with Crippen molar-refractivity contribution in [1.29, 1.82) is 0 Å². The first-order valence-electron chi connectivity index (χ1n) is 13.6. The number of allylic oxidation sites excluding steroid dienone is 2. The second-order valence-corrected chi connectivity index (χ2v) is 15.3. The summed E-state index contributed by atoms with van der Waals surface area (Å²) in [5, 5.41) is 10.9. The molecular weight excluding hydrogens is 376 g/mol. The highest BCUT2D eigenvalue weighted by Gasteiger charge is 2.66. The third-order valence-electron chi connectivity index (χ3n) is 12.7. The van der Waals surface area contributed by atoms with Crippen LogP contribution in [0.5, 0.6) is 0 Å². The largest absolute Gasteiger partial charge is 0.393 e. The van der Waals surface area contributed by atoms with E-state index in [0.29, 0.717) is 33.0 Å². The molecule has 0 heterocycles. The van der Waals surface area contributed by atoms with E-state index in [9.17, 15) is 5.11 Å². The smallest absolute Gasteiger partial charge is 0.0594 e. The van der Waals surface area contributed by atoms with Crippen molar-refractivity contribution in [3.8, 4) is 0 Å². The molecule has 5 aliphatic rings. The SMILES string of the molecule is CC1(C)CC[C@]2(C)CC=C3[C@](C)(CC[C@H]4[C@@]5(C)CC[C@@H](O)C(C)(C)[C@H]5CC[C@@]34C)[C@@H]2C1. The number of hydrogen-bond donors (Lipinski definition) is 1. The van der Waals surface area contributed by atoms with E-state index in [2.05, 4.69) is 61.5 Å². The van der Waals surface area contributed by atoms with E-state index in [-0.39, 0.29) is 11.5 Å². The van der Waals surface area contributed by atoms with Crippen molar-refractivity contribution in [2.24, 2.45) is 50.2 Å². The zero-order chi connectivity index (χ0) is 22.7. The summed E-state index contributed by atoms with van der Waals surface area (Å²) in [7, 11) is 0. The second-order valence-electron chi connectivity index (χ2n) is 15.3. The summed E-state index contributed by atoms with van der Waals surface area (Å²) in [6, 6.07) is 0. The van der Waals surface area contributed by atoms with Gasteiger partial charge < -0.3 is 5.11 Å². The van der Waals surface area contributed by atoms with Crippen molar-refractivity contribution in [2.75, 3.05) is 0 Å². The van der Waals surface area contributed by atoms with Gasteiger partial charge in [0, 0.05) is 0 Å². The average Bonchev–Trinajstić information content (AvgIpc) is 2.66. The fourth-order valence-corrected chi connectivity index (χ4v) is 10.8. The van der Waals surface area contributed by atoms with Crippen molar-refractivity contribution >= 4 is 0 Å². The lowest BCUT2D eigenvalue weighted by molar-refractivity contribution is -0.184. The highest BCUT2D eigenvalue weighted by atomic mass is 16.3. The van der Waals surface area contributed by atoms with E-state index in [4.69, 9.17) is 0 Å². The van der Waals surface area contributed by atoms with Crippen LogP contribution >= 0.6 is 0 Å². The van der Waals surface area contributed by atoms with Gasteiger partial charge in [-0.1, -0.05) is 67.0 Å². The molecule has 0 aromatic rings. The van der Waals surface area contributed by atoms with Gasteiger partial charge in [0.05, 0.1) is 6.10 Å². The number of fused-ring (bicyclic) bond motifs is 7. The lowest BCUT2D eigenvalue weighted by atomic mass is 9.35. The molecule has 5 aliphatic carbocycles. The number of aliphatic hydroxyl groups excluding tert-OH is 1. The molecule has 0 unspecified atom stereocenters. The van der Waals surface area contributed by atoms with Crippen molar-refractivity contribution < 1.29 is 5.11 Å². The third kappa shape index (κ3) is 2.83. The Bertz CT molecular complexity index is 790. The molecule has 8 atom stereocenters. The molecular formula is C30H50O. The Morgan fingerprint density at radius 1 is 0.710 bits per heavy atom. The summed E-state index contributed by atoms with van der Waals surface area (Å²) >= 11 is 0. The number of rotatable bonds is 0. The summed E-state index contributed by atoms with van der Waals surface area (Å²) in [5.74, 6) is 2.29. The zero-order valence-electron chi connectivity index (χ0n) is 21.9. The lowest BCUT2D eigenvalue weighted by Crippen LogP contribution is -2.63. The van der Waals surface area contributed by atoms with E-state index in [1.165, 1.54) is 57.8 Å². The van der Waals surface area contributed by atoms with Crippen molar-refractivity contribution in [3.05, 3.63) is 11.6 Å². The molecule has 0 radical (unpaired) electrons. The molecule has 1 N–H and O–H groups in total. The van der Waals surface area contributed by atoms with Crippen LogP contribution in [0.25, 0.3) is 0 Å². The van der Waals surface area contributed by atoms with Crippen molar-refractivity contribution in [2.45, 2.75) is 126 Å². The Balaban J connectivity index is 1.56. The van der Waals surface area contributed by atoms with Crippen molar-refractivity contribution in [3.63, 3.8) is 0 Å². The van der Waals surface area contributed by atoms with Crippen molar-refractivity contribution in [1.82, 2.24) is 0 Å². The molecule has 5 rings (SSSR count). The Kier molecular flexibility index (Phi) is 4.66. The quantitative estimate of drug-likeness (QED) is 0.387. The highest BCUT2D eigenvalue weighted by Crippen LogP contribution is 2.74. The maximum atomic E-state index is 10.9. The molecule has 1 nitrogen and oxygen atoms in total. The van der Waals surface area contributed by atoms with E-state index >= 15 is 0 Å². The van der Waals surface area contributed by atoms with Crippen LogP contribution in [0.1, 0.15) is 120 Å². The lowest BCUT2D eigenvalue weighted by Gasteiger charge is -2.70. The summed E-state index contributed by atoms with van der Waals surface area (Å²) < 4.78 is 0. The van der Waals surface area contributed by atoms with Crippen LogP contribution in [0, 0.1) is 50.2 Å². The van der Waals surface area contributed by atoms with Crippen LogP contribution in [0.15, 0.2) is 11.6 Å². The first-order chi connectivity index (χ1) is 14.2. The van der Waals surface area contributed by atoms with Gasteiger partial charge in [-0.05, 0) is 114 Å². The molecule has 0 aliphatic heterocycles. The Morgan fingerprint density at radius 2 is 1.32 bits per heavy atom. The minimum absolute atomic E-state index is 0.0575. The summed E-state index contributed by atoms with van der Waals surface area (Å²) in [4.78, 5) is 0. The molecule has 0 saturated heterocycles. The van der Waals surface area contributed by atoms with Gasteiger partial charge in [-0.3, -0.25) is 0 Å². The topological polar surface area (TPSA) is 20.2 Å². The summed E-state index contributed by atoms with van der Waals surface area (Å²) in [5.41, 5.74) is 4.07. The van der Waals surface area contributed by atoms with Gasteiger partial charge in [-0.2, -0.15) is 0 Å². The number of hydrogen-bond acceptors (Lipinski definition) is 1. The Labute approximate surface area is 192 Å². The van der Waals surface area contributed by atoms with Crippen LogP contribution in [0.4, 0.5) is 0 Å². The monoisotopic (exact) mass is 426 g/mol. The predicted molar refractivity (Wildman–Crippen MR) is 131 cm³/mol. The third-order valence-corrected chi connectivity index (χ3v) is 12.7. The van der Waals surface area contributed by atoms with Gasteiger partial charge in [0.2, 0.25) is 0 Å². The molecule has 0 spiro atoms. The van der Waals surface area contributed by atoms with E-state index in [0.717, 1.165) is 18.3 Å². The Morgan fingerprint density at radius 3 is 2.00 bits per heavy atom. The van der Waals surface area contributed by atoms with Crippen LogP contribution < -0.4 is 0 Å². The molecule has 4 saturated carbocycles. The maximum absolute atomic E-state index is 10.9. The molecule has 0 aromatic carbocycles. The molecule has 4 fully saturated rings. The van der Waals surface area contributed by atoms with Crippen LogP contribution in [0.3, 0.4) is 0 Å². The molecule has 31 heavy (non-hydrogen) atoms. The van der Waals surface area contributed by atoms with Crippen LogP contribution in [0.2, 0.25) is 0 Å². The zero-order valence-corrected chi connectivity index (χ0v) is 21.9. The predicted octanol–water partition coefficient (Wildman–Crippen LogP) is 8.17.